The lowest BCUT2D eigenvalue weighted by Gasteiger charge is -2.29. The van der Waals surface area contributed by atoms with Crippen LogP contribution in [0.4, 0.5) is 0 Å². The van der Waals surface area contributed by atoms with Gasteiger partial charge in [0.15, 0.2) is 0 Å². The Morgan fingerprint density at radius 2 is 1.89 bits per heavy atom. The molecule has 7 heteroatoms. The van der Waals surface area contributed by atoms with Gasteiger partial charge in [-0.1, -0.05) is 72.2 Å². The van der Waals surface area contributed by atoms with E-state index in [9.17, 15) is 9.90 Å². The van der Waals surface area contributed by atoms with Gasteiger partial charge in [-0.15, -0.1) is 0 Å². The number of hydrogen-bond donors (Lipinski definition) is 1. The van der Waals surface area contributed by atoms with Crippen molar-refractivity contribution in [1.82, 2.24) is 9.55 Å². The molecule has 5 rings (SSSR count). The number of rotatable bonds is 9. The molecule has 0 amide bonds. The first-order valence-corrected chi connectivity index (χ1v) is 13.9. The Morgan fingerprint density at radius 1 is 1.11 bits per heavy atom. The lowest BCUT2D eigenvalue weighted by atomic mass is 9.84. The Morgan fingerprint density at radius 3 is 2.68 bits per heavy atom. The normalized spacial score (nSPS) is 17.8. The van der Waals surface area contributed by atoms with Crippen molar-refractivity contribution in [2.75, 3.05) is 0 Å². The van der Waals surface area contributed by atoms with Gasteiger partial charge in [-0.25, -0.2) is 4.98 Å². The van der Waals surface area contributed by atoms with Crippen LogP contribution in [0.25, 0.3) is 11.5 Å². The molecule has 1 N–H and O–H groups in total. The summed E-state index contributed by atoms with van der Waals surface area (Å²) in [6.45, 7) is 4.85. The largest absolute Gasteiger partial charge is 0.494 e. The molecule has 1 aliphatic rings. The predicted molar refractivity (Wildman–Crippen MR) is 146 cm³/mol. The number of ether oxygens (including phenoxy) is 1. The van der Waals surface area contributed by atoms with E-state index in [0.29, 0.717) is 31.4 Å². The summed E-state index contributed by atoms with van der Waals surface area (Å²) >= 11 is 1.17. The summed E-state index contributed by atoms with van der Waals surface area (Å²) in [7, 11) is 0. The molecule has 1 saturated carbocycles. The summed E-state index contributed by atoms with van der Waals surface area (Å²) in [5, 5.41) is 10.7. The maximum Gasteiger partial charge on any atom is 0.310 e. The summed E-state index contributed by atoms with van der Waals surface area (Å²) in [6, 6.07) is 17.9. The second-order valence-electron chi connectivity index (χ2n) is 10.1. The molecule has 4 aromatic rings. The zero-order valence-corrected chi connectivity index (χ0v) is 22.3. The Bertz CT molecular complexity index is 1370. The first-order valence-electron chi connectivity index (χ1n) is 13.1. The molecule has 0 bridgehead atoms. The fourth-order valence-corrected chi connectivity index (χ4v) is 5.97. The van der Waals surface area contributed by atoms with Crippen molar-refractivity contribution in [2.45, 2.75) is 71.6 Å². The van der Waals surface area contributed by atoms with Crippen molar-refractivity contribution < 1.29 is 14.3 Å². The van der Waals surface area contributed by atoms with Gasteiger partial charge >= 0.3 is 4.87 Å². The van der Waals surface area contributed by atoms with Crippen molar-refractivity contribution in [3.05, 3.63) is 91.7 Å². The van der Waals surface area contributed by atoms with Crippen LogP contribution in [-0.4, -0.2) is 20.8 Å². The topological polar surface area (TPSA) is 77.5 Å². The Balaban J connectivity index is 1.14. The number of oxazole rings is 1. The van der Waals surface area contributed by atoms with Gasteiger partial charge in [-0.05, 0) is 63.1 Å². The number of hydrogen-bond acceptors (Lipinski definition) is 6. The number of thiazole rings is 1. The molecule has 2 atom stereocenters. The molecule has 0 aliphatic heterocycles. The zero-order valence-electron chi connectivity index (χ0n) is 21.5. The quantitative estimate of drug-likeness (QED) is 0.269. The fourth-order valence-electron chi connectivity index (χ4n) is 5.08. The monoisotopic (exact) mass is 518 g/mol. The van der Waals surface area contributed by atoms with Crippen molar-refractivity contribution >= 4 is 11.3 Å². The highest BCUT2D eigenvalue weighted by Crippen LogP contribution is 2.33. The second-order valence-corrected chi connectivity index (χ2v) is 11.1. The SMILES string of the molecule is Cc1ccc(-c2nc(CO[C@H]3CCC[C@@H](CCc4sc(=O)n(Cc5ccccc5)c4O)C3)c(C)o2)cc1. The number of aromatic nitrogens is 2. The van der Waals surface area contributed by atoms with Crippen LogP contribution >= 0.6 is 11.3 Å². The number of aromatic hydroxyl groups is 1. The van der Waals surface area contributed by atoms with Gasteiger partial charge in [0.25, 0.3) is 0 Å². The minimum atomic E-state index is -0.103. The maximum absolute atomic E-state index is 12.5. The molecule has 2 aromatic heterocycles. The molecule has 2 aromatic carbocycles. The van der Waals surface area contributed by atoms with Crippen LogP contribution in [-0.2, 0) is 24.3 Å². The highest BCUT2D eigenvalue weighted by Gasteiger charge is 2.24. The van der Waals surface area contributed by atoms with Crippen molar-refractivity contribution in [2.24, 2.45) is 5.92 Å². The van der Waals surface area contributed by atoms with E-state index >= 15 is 0 Å². The molecule has 194 valence electrons. The first-order chi connectivity index (χ1) is 18.0. The van der Waals surface area contributed by atoms with E-state index in [1.807, 2.05) is 49.4 Å². The van der Waals surface area contributed by atoms with E-state index in [-0.39, 0.29) is 16.9 Å². The minimum Gasteiger partial charge on any atom is -0.494 e. The van der Waals surface area contributed by atoms with Crippen LogP contribution < -0.4 is 4.87 Å². The van der Waals surface area contributed by atoms with Crippen molar-refractivity contribution in [3.8, 4) is 17.3 Å². The third kappa shape index (κ3) is 6.22. The van der Waals surface area contributed by atoms with Crippen molar-refractivity contribution in [3.63, 3.8) is 0 Å². The van der Waals surface area contributed by atoms with Crippen LogP contribution in [0.3, 0.4) is 0 Å². The second kappa shape index (κ2) is 11.5. The summed E-state index contributed by atoms with van der Waals surface area (Å²) < 4.78 is 13.7. The van der Waals surface area contributed by atoms with Crippen LogP contribution in [0, 0.1) is 19.8 Å². The van der Waals surface area contributed by atoms with E-state index < -0.39 is 0 Å². The van der Waals surface area contributed by atoms with Gasteiger partial charge in [0, 0.05) is 5.56 Å². The standard InChI is InChI=1S/C30H34N2O4S/c1-20-11-14-24(15-12-20)28-31-26(21(2)36-28)19-35-25-10-6-9-22(17-25)13-16-27-29(33)32(30(34)37-27)18-23-7-4-3-5-8-23/h3-5,7-8,11-12,14-15,22,25,33H,6,9-10,13,16-19H2,1-2H3/t22-,25-/m0/s1. The molecule has 37 heavy (non-hydrogen) atoms. The van der Waals surface area contributed by atoms with Gasteiger partial charge in [0.2, 0.25) is 11.8 Å². The molecule has 6 nitrogen and oxygen atoms in total. The maximum atomic E-state index is 12.5. The molecule has 1 aliphatic carbocycles. The number of aryl methyl sites for hydroxylation is 3. The van der Waals surface area contributed by atoms with Crippen LogP contribution in [0.2, 0.25) is 0 Å². The Labute approximate surface area is 221 Å². The predicted octanol–water partition coefficient (Wildman–Crippen LogP) is 6.64. The van der Waals surface area contributed by atoms with E-state index in [1.54, 1.807) is 0 Å². The highest BCUT2D eigenvalue weighted by atomic mass is 32.1. The molecule has 2 heterocycles. The number of nitrogens with zero attached hydrogens (tertiary/aromatic N) is 2. The first kappa shape index (κ1) is 25.5. The van der Waals surface area contributed by atoms with E-state index in [2.05, 4.69) is 24.0 Å². The van der Waals surface area contributed by atoms with Crippen LogP contribution in [0.5, 0.6) is 5.88 Å². The van der Waals surface area contributed by atoms with E-state index in [1.165, 1.54) is 21.5 Å². The zero-order chi connectivity index (χ0) is 25.8. The average Bonchev–Trinajstić information content (AvgIpc) is 3.41. The lowest BCUT2D eigenvalue weighted by molar-refractivity contribution is -0.000497. The molecule has 0 saturated heterocycles. The summed E-state index contributed by atoms with van der Waals surface area (Å²) in [5.74, 6) is 2.07. The fraction of sp³-hybridized carbons (Fsp3) is 0.400. The molecular formula is C30H34N2O4S. The van der Waals surface area contributed by atoms with Gasteiger partial charge in [-0.2, -0.15) is 0 Å². The van der Waals surface area contributed by atoms with Crippen molar-refractivity contribution in [1.29, 1.82) is 0 Å². The van der Waals surface area contributed by atoms with Gasteiger partial charge in [-0.3, -0.25) is 9.36 Å². The molecule has 0 spiro atoms. The Hall–Kier alpha value is -3.16. The smallest absolute Gasteiger partial charge is 0.310 e. The summed E-state index contributed by atoms with van der Waals surface area (Å²) in [4.78, 5) is 17.9. The van der Waals surface area contributed by atoms with E-state index in [0.717, 1.165) is 59.6 Å². The third-order valence-electron chi connectivity index (χ3n) is 7.28. The molecule has 0 unspecified atom stereocenters. The molecule has 0 radical (unpaired) electrons. The van der Waals surface area contributed by atoms with Gasteiger partial charge in [0.1, 0.15) is 11.5 Å². The van der Waals surface area contributed by atoms with Crippen LogP contribution in [0.15, 0.2) is 63.8 Å². The van der Waals surface area contributed by atoms with E-state index in [4.69, 9.17) is 9.15 Å². The third-order valence-corrected chi connectivity index (χ3v) is 8.31. The highest BCUT2D eigenvalue weighted by molar-refractivity contribution is 7.09. The van der Waals surface area contributed by atoms with Crippen LogP contribution in [0.1, 0.15) is 59.6 Å². The summed E-state index contributed by atoms with van der Waals surface area (Å²) in [5.41, 5.74) is 4.04. The summed E-state index contributed by atoms with van der Waals surface area (Å²) in [6.07, 6.45) is 6.16. The van der Waals surface area contributed by atoms with Gasteiger partial charge in [0.05, 0.1) is 24.1 Å². The number of benzene rings is 2. The van der Waals surface area contributed by atoms with Gasteiger partial charge < -0.3 is 14.3 Å². The minimum absolute atomic E-state index is 0.103. The Kier molecular flexibility index (Phi) is 7.91. The average molecular weight is 519 g/mol. The lowest BCUT2D eigenvalue weighted by Crippen LogP contribution is -2.23. The molecule has 1 fully saturated rings. The molecular weight excluding hydrogens is 484 g/mol.